The monoisotopic (exact) mass is 174 g/mol. The number of hydrogen-bond donors (Lipinski definition) is 3. The molecular weight excluding hydrogens is 156 g/mol. The van der Waals surface area contributed by atoms with Gasteiger partial charge in [-0.15, -0.1) is 0 Å². The van der Waals surface area contributed by atoms with Crippen molar-refractivity contribution in [3.8, 4) is 0 Å². The lowest BCUT2D eigenvalue weighted by Gasteiger charge is -2.11. The molecule has 0 aliphatic heterocycles. The largest absolute Gasteiger partial charge is 0.392 e. The van der Waals surface area contributed by atoms with Crippen LogP contribution in [0.3, 0.4) is 0 Å². The van der Waals surface area contributed by atoms with Crippen molar-refractivity contribution in [3.05, 3.63) is 0 Å². The van der Waals surface area contributed by atoms with Crippen molar-refractivity contribution in [3.63, 3.8) is 0 Å². The summed E-state index contributed by atoms with van der Waals surface area (Å²) in [6.45, 7) is 3.86. The molecule has 0 fully saturated rings. The van der Waals surface area contributed by atoms with Gasteiger partial charge < -0.3 is 16.2 Å². The zero-order valence-corrected chi connectivity index (χ0v) is 7.71. The summed E-state index contributed by atoms with van der Waals surface area (Å²) in [5.74, 6) is -0.183. The van der Waals surface area contributed by atoms with Gasteiger partial charge in [0.25, 0.3) is 0 Å². The molecule has 72 valence electrons. The fourth-order valence-corrected chi connectivity index (χ4v) is 0.821. The number of aliphatic hydroxyl groups excluding tert-OH is 1. The topological polar surface area (TPSA) is 75.4 Å². The minimum Gasteiger partial charge on any atom is -0.392 e. The quantitative estimate of drug-likeness (QED) is 0.531. The summed E-state index contributed by atoms with van der Waals surface area (Å²) in [5, 5.41) is 11.4. The number of nitrogens with two attached hydrogens (primary N) is 1. The molecule has 4 N–H and O–H groups in total. The molecule has 4 nitrogen and oxygen atoms in total. The van der Waals surface area contributed by atoms with Gasteiger partial charge in [0.2, 0.25) is 5.91 Å². The Balaban J connectivity index is 3.57. The van der Waals surface area contributed by atoms with E-state index in [4.69, 9.17) is 10.8 Å². The molecule has 0 saturated carbocycles. The molecule has 0 bridgehead atoms. The first kappa shape index (κ1) is 11.4. The van der Waals surface area contributed by atoms with E-state index in [1.165, 1.54) is 0 Å². The Hall–Kier alpha value is -0.610. The highest BCUT2D eigenvalue weighted by Crippen LogP contribution is 1.92. The fourth-order valence-electron chi connectivity index (χ4n) is 0.821. The third-order valence-electron chi connectivity index (χ3n) is 1.51. The highest BCUT2D eigenvalue weighted by atomic mass is 16.3. The minimum atomic E-state index is -0.511. The van der Waals surface area contributed by atoms with E-state index in [9.17, 15) is 4.79 Å². The highest BCUT2D eigenvalue weighted by molar-refractivity contribution is 5.81. The normalized spacial score (nSPS) is 15.3. The van der Waals surface area contributed by atoms with E-state index < -0.39 is 12.1 Å². The predicted octanol–water partition coefficient (Wildman–Crippen LogP) is -0.389. The average Bonchev–Trinajstić information content (AvgIpc) is 2.00. The fraction of sp³-hybridized carbons (Fsp3) is 0.875. The van der Waals surface area contributed by atoms with Crippen molar-refractivity contribution in [2.75, 3.05) is 6.54 Å². The lowest BCUT2D eigenvalue weighted by molar-refractivity contribution is -0.122. The van der Waals surface area contributed by atoms with Crippen molar-refractivity contribution >= 4 is 5.91 Å². The standard InChI is InChI=1S/C8H18N2O2/c1-3-4-7(9)8(12)10-5-6(2)11/h6-7,11H,3-5,9H2,1-2H3,(H,10,12)/t6-,7?/m1/s1. The van der Waals surface area contributed by atoms with Gasteiger partial charge in [0.1, 0.15) is 0 Å². The van der Waals surface area contributed by atoms with Gasteiger partial charge in [0, 0.05) is 6.54 Å². The van der Waals surface area contributed by atoms with E-state index >= 15 is 0 Å². The number of carbonyl (C=O) groups excluding carboxylic acids is 1. The van der Waals surface area contributed by atoms with Crippen LogP contribution in [0.5, 0.6) is 0 Å². The van der Waals surface area contributed by atoms with Gasteiger partial charge in [-0.3, -0.25) is 4.79 Å². The second-order valence-electron chi connectivity index (χ2n) is 2.99. The summed E-state index contributed by atoms with van der Waals surface area (Å²) in [5.41, 5.74) is 5.52. The Kier molecular flexibility index (Phi) is 5.66. The Morgan fingerprint density at radius 3 is 2.67 bits per heavy atom. The van der Waals surface area contributed by atoms with Gasteiger partial charge in [-0.1, -0.05) is 13.3 Å². The summed E-state index contributed by atoms with van der Waals surface area (Å²) >= 11 is 0. The molecule has 0 aromatic carbocycles. The number of hydrogen-bond acceptors (Lipinski definition) is 3. The van der Waals surface area contributed by atoms with Gasteiger partial charge in [0.15, 0.2) is 0 Å². The van der Waals surface area contributed by atoms with Crippen LogP contribution >= 0.6 is 0 Å². The van der Waals surface area contributed by atoms with Gasteiger partial charge >= 0.3 is 0 Å². The molecule has 1 unspecified atom stereocenters. The number of nitrogens with one attached hydrogen (secondary N) is 1. The first-order valence-corrected chi connectivity index (χ1v) is 4.29. The van der Waals surface area contributed by atoms with Crippen LogP contribution in [0.15, 0.2) is 0 Å². The molecule has 2 atom stereocenters. The summed E-state index contributed by atoms with van der Waals surface area (Å²) in [7, 11) is 0. The lowest BCUT2D eigenvalue weighted by Crippen LogP contribution is -2.42. The van der Waals surface area contributed by atoms with E-state index in [0.29, 0.717) is 6.42 Å². The maximum Gasteiger partial charge on any atom is 0.237 e. The van der Waals surface area contributed by atoms with Gasteiger partial charge in [0.05, 0.1) is 12.1 Å². The Morgan fingerprint density at radius 1 is 1.67 bits per heavy atom. The van der Waals surface area contributed by atoms with Crippen LogP contribution in [-0.2, 0) is 4.79 Å². The summed E-state index contributed by atoms with van der Waals surface area (Å²) in [6.07, 6.45) is 1.07. The molecule has 4 heteroatoms. The summed E-state index contributed by atoms with van der Waals surface area (Å²) in [6, 6.07) is -0.436. The van der Waals surface area contributed by atoms with Crippen LogP contribution < -0.4 is 11.1 Å². The number of carbonyl (C=O) groups is 1. The maximum absolute atomic E-state index is 11.1. The minimum absolute atomic E-state index is 0.183. The van der Waals surface area contributed by atoms with E-state index in [-0.39, 0.29) is 12.5 Å². The molecule has 0 aliphatic rings. The Morgan fingerprint density at radius 2 is 2.25 bits per heavy atom. The summed E-state index contributed by atoms with van der Waals surface area (Å²) < 4.78 is 0. The second-order valence-corrected chi connectivity index (χ2v) is 2.99. The molecule has 0 radical (unpaired) electrons. The molecule has 0 rings (SSSR count). The van der Waals surface area contributed by atoms with Crippen molar-refractivity contribution < 1.29 is 9.90 Å². The first-order chi connectivity index (χ1) is 5.57. The predicted molar refractivity (Wildman–Crippen MR) is 47.6 cm³/mol. The second kappa shape index (κ2) is 5.97. The molecule has 0 aliphatic carbocycles. The zero-order chi connectivity index (χ0) is 9.56. The molecule has 0 aromatic rings. The van der Waals surface area contributed by atoms with Gasteiger partial charge in [-0.2, -0.15) is 0 Å². The molecule has 12 heavy (non-hydrogen) atoms. The van der Waals surface area contributed by atoms with Crippen LogP contribution in [0, 0.1) is 0 Å². The van der Waals surface area contributed by atoms with E-state index in [1.807, 2.05) is 6.92 Å². The Bertz CT molecular complexity index is 137. The van der Waals surface area contributed by atoms with Crippen LogP contribution in [0.4, 0.5) is 0 Å². The smallest absolute Gasteiger partial charge is 0.237 e. The van der Waals surface area contributed by atoms with Gasteiger partial charge in [-0.05, 0) is 13.3 Å². The third-order valence-corrected chi connectivity index (χ3v) is 1.51. The van der Waals surface area contributed by atoms with Gasteiger partial charge in [-0.25, -0.2) is 0 Å². The van der Waals surface area contributed by atoms with Crippen LogP contribution in [0.1, 0.15) is 26.7 Å². The summed E-state index contributed by atoms with van der Waals surface area (Å²) in [4.78, 5) is 11.1. The van der Waals surface area contributed by atoms with Crippen molar-refractivity contribution in [2.45, 2.75) is 38.8 Å². The molecule has 0 spiro atoms. The number of amides is 1. The molecule has 1 amide bonds. The molecule has 0 heterocycles. The third kappa shape index (κ3) is 5.09. The highest BCUT2D eigenvalue weighted by Gasteiger charge is 2.11. The molecular formula is C8H18N2O2. The number of rotatable bonds is 5. The van der Waals surface area contributed by atoms with E-state index in [0.717, 1.165) is 6.42 Å². The SMILES string of the molecule is CCCC(N)C(=O)NC[C@@H](C)O. The van der Waals surface area contributed by atoms with Crippen molar-refractivity contribution in [1.29, 1.82) is 0 Å². The van der Waals surface area contributed by atoms with Crippen LogP contribution in [0.25, 0.3) is 0 Å². The average molecular weight is 174 g/mol. The molecule has 0 aromatic heterocycles. The zero-order valence-electron chi connectivity index (χ0n) is 7.71. The maximum atomic E-state index is 11.1. The lowest BCUT2D eigenvalue weighted by atomic mass is 10.1. The molecule has 0 saturated heterocycles. The Labute approximate surface area is 73.1 Å². The van der Waals surface area contributed by atoms with E-state index in [1.54, 1.807) is 6.92 Å². The van der Waals surface area contributed by atoms with Crippen molar-refractivity contribution in [1.82, 2.24) is 5.32 Å². The van der Waals surface area contributed by atoms with Crippen LogP contribution in [0.2, 0.25) is 0 Å². The number of aliphatic hydroxyl groups is 1. The van der Waals surface area contributed by atoms with Crippen LogP contribution in [-0.4, -0.2) is 29.7 Å². The van der Waals surface area contributed by atoms with Crippen molar-refractivity contribution in [2.24, 2.45) is 5.73 Å². The first-order valence-electron chi connectivity index (χ1n) is 4.29. The van der Waals surface area contributed by atoms with E-state index in [2.05, 4.69) is 5.32 Å².